The molecular formula is C52H32O. The third-order valence-corrected chi connectivity index (χ3v) is 11.1. The van der Waals surface area contributed by atoms with Gasteiger partial charge in [0.05, 0.1) is 0 Å². The quantitative estimate of drug-likeness (QED) is 0.169. The van der Waals surface area contributed by atoms with Gasteiger partial charge in [-0.25, -0.2) is 0 Å². The van der Waals surface area contributed by atoms with Gasteiger partial charge < -0.3 is 4.74 Å². The third kappa shape index (κ3) is 4.64. The molecule has 0 aromatic heterocycles. The summed E-state index contributed by atoms with van der Waals surface area (Å²) >= 11 is 0. The van der Waals surface area contributed by atoms with Gasteiger partial charge in [0.25, 0.3) is 0 Å². The Labute approximate surface area is 308 Å². The highest BCUT2D eigenvalue weighted by Gasteiger charge is 2.22. The van der Waals surface area contributed by atoms with Crippen LogP contribution < -0.4 is 4.74 Å². The van der Waals surface area contributed by atoms with E-state index in [-0.39, 0.29) is 0 Å². The Bertz CT molecular complexity index is 3000. The van der Waals surface area contributed by atoms with Gasteiger partial charge in [0, 0.05) is 10.9 Å². The van der Waals surface area contributed by atoms with Gasteiger partial charge in [-0.05, 0) is 106 Å². The van der Waals surface area contributed by atoms with Crippen molar-refractivity contribution < 1.29 is 4.74 Å². The molecule has 11 rings (SSSR count). The van der Waals surface area contributed by atoms with Crippen LogP contribution in [0.25, 0.3) is 98.7 Å². The predicted molar refractivity (Wildman–Crippen MR) is 224 cm³/mol. The van der Waals surface area contributed by atoms with Crippen molar-refractivity contribution in [1.82, 2.24) is 0 Å². The summed E-state index contributed by atoms with van der Waals surface area (Å²) in [5.74, 6) is 1.82. The highest BCUT2D eigenvalue weighted by atomic mass is 16.5. The first-order chi connectivity index (χ1) is 26.3. The van der Waals surface area contributed by atoms with Crippen LogP contribution in [0.3, 0.4) is 0 Å². The van der Waals surface area contributed by atoms with Crippen LogP contribution in [0.2, 0.25) is 0 Å². The van der Waals surface area contributed by atoms with Gasteiger partial charge in [-0.15, -0.1) is 0 Å². The normalized spacial score (nSPS) is 11.9. The molecule has 0 N–H and O–H groups in total. The van der Waals surface area contributed by atoms with Crippen LogP contribution in [0.15, 0.2) is 194 Å². The monoisotopic (exact) mass is 672 g/mol. The van der Waals surface area contributed by atoms with Crippen LogP contribution in [-0.4, -0.2) is 0 Å². The molecule has 0 atom stereocenters. The maximum absolute atomic E-state index is 6.45. The predicted octanol–water partition coefficient (Wildman–Crippen LogP) is 14.7. The molecule has 1 aliphatic rings. The molecule has 0 amide bonds. The van der Waals surface area contributed by atoms with Crippen molar-refractivity contribution in [1.29, 1.82) is 0 Å². The van der Waals surface area contributed by atoms with E-state index in [2.05, 4.69) is 194 Å². The SMILES string of the molecule is c1ccc(-c2ccc(-c3c4ccccc4c(-c4ccc(-c5ccc6c(c5)-c5cccc7cccc(c57)O6)c5ccccc45)c4ccccc34)cc2)cc1. The van der Waals surface area contributed by atoms with Crippen molar-refractivity contribution in [2.45, 2.75) is 0 Å². The summed E-state index contributed by atoms with van der Waals surface area (Å²) in [6.45, 7) is 0. The molecule has 0 bridgehead atoms. The van der Waals surface area contributed by atoms with Crippen molar-refractivity contribution in [3.8, 4) is 67.1 Å². The fourth-order valence-electron chi connectivity index (χ4n) is 8.69. The van der Waals surface area contributed by atoms with Crippen LogP contribution in [-0.2, 0) is 0 Å². The molecule has 0 radical (unpaired) electrons. The molecule has 1 aliphatic heterocycles. The summed E-state index contributed by atoms with van der Waals surface area (Å²) in [6, 6.07) is 70.5. The van der Waals surface area contributed by atoms with Crippen LogP contribution in [0.5, 0.6) is 11.5 Å². The van der Waals surface area contributed by atoms with Crippen LogP contribution >= 0.6 is 0 Å². The van der Waals surface area contributed by atoms with Crippen molar-refractivity contribution in [3.05, 3.63) is 194 Å². The van der Waals surface area contributed by atoms with Crippen LogP contribution in [0.4, 0.5) is 0 Å². The zero-order valence-electron chi connectivity index (χ0n) is 28.9. The van der Waals surface area contributed by atoms with Crippen LogP contribution in [0, 0.1) is 0 Å². The summed E-state index contributed by atoms with van der Waals surface area (Å²) in [5.41, 5.74) is 12.2. The average Bonchev–Trinajstić information content (AvgIpc) is 3.23. The van der Waals surface area contributed by atoms with E-state index in [0.29, 0.717) is 0 Å². The molecule has 0 spiro atoms. The van der Waals surface area contributed by atoms with Gasteiger partial charge in [-0.3, -0.25) is 0 Å². The maximum Gasteiger partial charge on any atom is 0.135 e. The number of hydrogen-bond acceptors (Lipinski definition) is 1. The fraction of sp³-hybridized carbons (Fsp3) is 0. The van der Waals surface area contributed by atoms with Crippen molar-refractivity contribution in [2.75, 3.05) is 0 Å². The Balaban J connectivity index is 1.11. The van der Waals surface area contributed by atoms with Crippen molar-refractivity contribution in [2.24, 2.45) is 0 Å². The smallest absolute Gasteiger partial charge is 0.135 e. The fourth-order valence-corrected chi connectivity index (χ4v) is 8.69. The highest BCUT2D eigenvalue weighted by Crippen LogP contribution is 2.50. The molecule has 0 fully saturated rings. The number of benzene rings is 10. The Hall–Kier alpha value is -6.96. The lowest BCUT2D eigenvalue weighted by Gasteiger charge is -2.22. The number of hydrogen-bond donors (Lipinski definition) is 0. The minimum Gasteiger partial charge on any atom is -0.456 e. The second-order valence-electron chi connectivity index (χ2n) is 14.0. The maximum atomic E-state index is 6.45. The van der Waals surface area contributed by atoms with E-state index in [1.807, 2.05) is 0 Å². The topological polar surface area (TPSA) is 9.23 Å². The molecule has 246 valence electrons. The molecule has 0 aliphatic carbocycles. The third-order valence-electron chi connectivity index (χ3n) is 11.1. The van der Waals surface area contributed by atoms with Gasteiger partial charge in [0.15, 0.2) is 0 Å². The van der Waals surface area contributed by atoms with E-state index in [1.165, 1.54) is 93.2 Å². The molecule has 1 nitrogen and oxygen atoms in total. The zero-order valence-corrected chi connectivity index (χ0v) is 28.9. The molecule has 53 heavy (non-hydrogen) atoms. The summed E-state index contributed by atoms with van der Waals surface area (Å²) in [5, 5.41) is 9.86. The number of rotatable bonds is 4. The molecule has 1 heterocycles. The lowest BCUT2D eigenvalue weighted by Crippen LogP contribution is -1.97. The van der Waals surface area contributed by atoms with E-state index < -0.39 is 0 Å². The summed E-state index contributed by atoms with van der Waals surface area (Å²) < 4.78 is 6.45. The minimum absolute atomic E-state index is 0.897. The first kappa shape index (κ1) is 29.7. The van der Waals surface area contributed by atoms with E-state index in [9.17, 15) is 0 Å². The number of fused-ring (bicyclic) bond motifs is 5. The second-order valence-corrected chi connectivity index (χ2v) is 14.0. The largest absolute Gasteiger partial charge is 0.456 e. The minimum atomic E-state index is 0.897. The first-order valence-electron chi connectivity index (χ1n) is 18.3. The molecule has 1 heteroatoms. The Morgan fingerprint density at radius 1 is 0.264 bits per heavy atom. The van der Waals surface area contributed by atoms with Crippen molar-refractivity contribution in [3.63, 3.8) is 0 Å². The van der Waals surface area contributed by atoms with E-state index in [4.69, 9.17) is 4.74 Å². The van der Waals surface area contributed by atoms with E-state index in [0.717, 1.165) is 17.1 Å². The van der Waals surface area contributed by atoms with E-state index >= 15 is 0 Å². The summed E-state index contributed by atoms with van der Waals surface area (Å²) in [7, 11) is 0. The molecule has 0 saturated carbocycles. The summed E-state index contributed by atoms with van der Waals surface area (Å²) in [4.78, 5) is 0. The molecule has 10 aromatic rings. The van der Waals surface area contributed by atoms with Crippen molar-refractivity contribution >= 4 is 43.1 Å². The molecule has 0 unspecified atom stereocenters. The Morgan fingerprint density at radius 3 is 1.49 bits per heavy atom. The molecular weight excluding hydrogens is 641 g/mol. The van der Waals surface area contributed by atoms with Crippen LogP contribution in [0.1, 0.15) is 0 Å². The molecule has 0 saturated heterocycles. The van der Waals surface area contributed by atoms with Gasteiger partial charge in [0.2, 0.25) is 0 Å². The second kappa shape index (κ2) is 11.8. The Morgan fingerprint density at radius 2 is 0.792 bits per heavy atom. The van der Waals surface area contributed by atoms with Gasteiger partial charge in [-0.2, -0.15) is 0 Å². The number of ether oxygens (including phenoxy) is 1. The lowest BCUT2D eigenvalue weighted by atomic mass is 9.83. The van der Waals surface area contributed by atoms with Gasteiger partial charge in [0.1, 0.15) is 11.5 Å². The highest BCUT2D eigenvalue weighted by molar-refractivity contribution is 6.24. The van der Waals surface area contributed by atoms with Gasteiger partial charge >= 0.3 is 0 Å². The van der Waals surface area contributed by atoms with Gasteiger partial charge in [-0.1, -0.05) is 176 Å². The van der Waals surface area contributed by atoms with E-state index in [1.54, 1.807) is 0 Å². The Kier molecular flexibility index (Phi) is 6.62. The first-order valence-corrected chi connectivity index (χ1v) is 18.3. The lowest BCUT2D eigenvalue weighted by molar-refractivity contribution is 0.487. The summed E-state index contributed by atoms with van der Waals surface area (Å²) in [6.07, 6.45) is 0. The average molecular weight is 673 g/mol. The standard InChI is InChI=1S/C52H32O/c1-2-12-33(13-3-1)34-24-26-36(27-25-34)50-41-18-6-8-20-43(41)52(44-21-9-7-19-42(44)50)46-30-29-38(39-16-4-5-17-40(39)46)37-28-31-48-47(32-37)45-22-10-14-35-15-11-23-49(53-48)51(35)45/h1-32H. The molecule has 10 aromatic carbocycles. The zero-order chi connectivity index (χ0) is 34.9.